The normalized spacial score (nSPS) is 14.9. The van der Waals surface area contributed by atoms with Gasteiger partial charge in [0.25, 0.3) is 0 Å². The van der Waals surface area contributed by atoms with Crippen LogP contribution in [0.1, 0.15) is 25.3 Å². The van der Waals surface area contributed by atoms with E-state index in [0.717, 1.165) is 35.9 Å². The van der Waals surface area contributed by atoms with Crippen LogP contribution in [0.15, 0.2) is 59.6 Å². The first-order valence-electron chi connectivity index (χ1n) is 10.4. The van der Waals surface area contributed by atoms with Gasteiger partial charge in [-0.3, -0.25) is 4.99 Å². The van der Waals surface area contributed by atoms with Gasteiger partial charge in [-0.2, -0.15) is 0 Å². The Hall–Kier alpha value is -3.22. The molecule has 7 nitrogen and oxygen atoms in total. The first-order valence-corrected chi connectivity index (χ1v) is 10.4. The third kappa shape index (κ3) is 6.40. The number of amides is 1. The number of hydrogen-bond acceptors (Lipinski definition) is 4. The SMILES string of the molecule is CCOC(=O)N1CCC(NC(=NC)NCc2ccc(Oc3ccccc3)cc2)CC1. The lowest BCUT2D eigenvalue weighted by Gasteiger charge is -2.32. The third-order valence-electron chi connectivity index (χ3n) is 4.95. The monoisotopic (exact) mass is 410 g/mol. The molecule has 7 heteroatoms. The number of nitrogens with zero attached hydrogens (tertiary/aromatic N) is 2. The number of carbonyl (C=O) groups excluding carboxylic acids is 1. The van der Waals surface area contributed by atoms with Crippen LogP contribution in [0, 0.1) is 0 Å². The van der Waals surface area contributed by atoms with Crippen molar-refractivity contribution in [3.63, 3.8) is 0 Å². The van der Waals surface area contributed by atoms with Crippen LogP contribution in [-0.2, 0) is 11.3 Å². The standard InChI is InChI=1S/C23H30N4O3/c1-3-29-23(28)27-15-13-19(14-16-27)26-22(24-2)25-17-18-9-11-21(12-10-18)30-20-7-5-4-6-8-20/h4-12,19H,3,13-17H2,1-2H3,(H2,24,25,26). The molecule has 30 heavy (non-hydrogen) atoms. The Balaban J connectivity index is 1.43. The minimum atomic E-state index is -0.224. The van der Waals surface area contributed by atoms with Gasteiger partial charge in [0.15, 0.2) is 5.96 Å². The van der Waals surface area contributed by atoms with Crippen LogP contribution in [0.2, 0.25) is 0 Å². The van der Waals surface area contributed by atoms with Crippen molar-refractivity contribution in [2.45, 2.75) is 32.4 Å². The van der Waals surface area contributed by atoms with Crippen molar-refractivity contribution >= 4 is 12.1 Å². The number of nitrogens with one attached hydrogen (secondary N) is 2. The summed E-state index contributed by atoms with van der Waals surface area (Å²) < 4.78 is 10.9. The van der Waals surface area contributed by atoms with E-state index in [0.29, 0.717) is 26.2 Å². The Labute approximate surface area is 178 Å². The smallest absolute Gasteiger partial charge is 0.409 e. The van der Waals surface area contributed by atoms with E-state index in [1.165, 1.54) is 0 Å². The molecule has 0 unspecified atom stereocenters. The van der Waals surface area contributed by atoms with Gasteiger partial charge >= 0.3 is 6.09 Å². The van der Waals surface area contributed by atoms with Crippen molar-refractivity contribution < 1.29 is 14.3 Å². The second kappa shape index (κ2) is 11.1. The first kappa shape index (κ1) is 21.5. The van der Waals surface area contributed by atoms with Crippen molar-refractivity contribution in [3.8, 4) is 11.5 Å². The average Bonchev–Trinajstić information content (AvgIpc) is 2.79. The molecule has 2 N–H and O–H groups in total. The quantitative estimate of drug-likeness (QED) is 0.560. The van der Waals surface area contributed by atoms with Crippen molar-refractivity contribution in [1.29, 1.82) is 0 Å². The zero-order chi connectivity index (χ0) is 21.2. The van der Waals surface area contributed by atoms with Crippen LogP contribution >= 0.6 is 0 Å². The average molecular weight is 411 g/mol. The predicted molar refractivity (Wildman–Crippen MR) is 118 cm³/mol. The molecular weight excluding hydrogens is 380 g/mol. The number of aliphatic imine (C=N–C) groups is 1. The molecule has 160 valence electrons. The maximum Gasteiger partial charge on any atom is 0.409 e. The Morgan fingerprint density at radius 3 is 2.37 bits per heavy atom. The van der Waals surface area contributed by atoms with E-state index >= 15 is 0 Å². The van der Waals surface area contributed by atoms with Crippen molar-refractivity contribution in [1.82, 2.24) is 15.5 Å². The summed E-state index contributed by atoms with van der Waals surface area (Å²) in [5, 5.41) is 6.80. The molecule has 1 saturated heterocycles. The molecule has 2 aromatic rings. The molecular formula is C23H30N4O3. The first-order chi connectivity index (χ1) is 14.7. The summed E-state index contributed by atoms with van der Waals surface area (Å²) in [5.74, 6) is 2.39. The number of benzene rings is 2. The summed E-state index contributed by atoms with van der Waals surface area (Å²) in [6, 6.07) is 18.0. The molecule has 1 aliphatic heterocycles. The van der Waals surface area contributed by atoms with Gasteiger partial charge in [0.2, 0.25) is 0 Å². The number of rotatable bonds is 6. The largest absolute Gasteiger partial charge is 0.457 e. The second-order valence-electron chi connectivity index (χ2n) is 7.09. The second-order valence-corrected chi connectivity index (χ2v) is 7.09. The Morgan fingerprint density at radius 1 is 1.07 bits per heavy atom. The van der Waals surface area contributed by atoms with Crippen LogP contribution in [0.25, 0.3) is 0 Å². The lowest BCUT2D eigenvalue weighted by atomic mass is 10.1. The number of piperidine rings is 1. The highest BCUT2D eigenvalue weighted by molar-refractivity contribution is 5.80. The van der Waals surface area contributed by atoms with E-state index < -0.39 is 0 Å². The van der Waals surface area contributed by atoms with E-state index in [-0.39, 0.29) is 12.1 Å². The highest BCUT2D eigenvalue weighted by atomic mass is 16.6. The summed E-state index contributed by atoms with van der Waals surface area (Å²) in [7, 11) is 1.76. The summed E-state index contributed by atoms with van der Waals surface area (Å²) >= 11 is 0. The molecule has 0 radical (unpaired) electrons. The lowest BCUT2D eigenvalue weighted by molar-refractivity contribution is 0.0963. The van der Waals surface area contributed by atoms with Crippen molar-refractivity contribution in [2.75, 3.05) is 26.7 Å². The molecule has 0 aliphatic carbocycles. The van der Waals surface area contributed by atoms with Gasteiger partial charge in [-0.05, 0) is 49.6 Å². The molecule has 0 bridgehead atoms. The Bertz CT molecular complexity index is 816. The maximum atomic E-state index is 11.8. The molecule has 3 rings (SSSR count). The Kier molecular flexibility index (Phi) is 7.94. The molecule has 0 spiro atoms. The number of guanidine groups is 1. The topological polar surface area (TPSA) is 75.2 Å². The fourth-order valence-electron chi connectivity index (χ4n) is 3.29. The van der Waals surface area contributed by atoms with Gasteiger partial charge in [-0.15, -0.1) is 0 Å². The lowest BCUT2D eigenvalue weighted by Crippen LogP contribution is -2.49. The fourth-order valence-corrected chi connectivity index (χ4v) is 3.29. The van der Waals surface area contributed by atoms with E-state index in [9.17, 15) is 4.79 Å². The number of likely N-dealkylation sites (tertiary alicyclic amines) is 1. The summed E-state index contributed by atoms with van der Waals surface area (Å²) in [6.07, 6.45) is 1.51. The Morgan fingerprint density at radius 2 is 1.73 bits per heavy atom. The zero-order valence-electron chi connectivity index (χ0n) is 17.6. The number of hydrogen-bond donors (Lipinski definition) is 2. The molecule has 1 amide bonds. The van der Waals surface area contributed by atoms with Gasteiger partial charge in [0, 0.05) is 32.7 Å². The van der Waals surface area contributed by atoms with Gasteiger partial charge < -0.3 is 25.0 Å². The number of ether oxygens (including phenoxy) is 2. The van der Waals surface area contributed by atoms with Crippen LogP contribution in [0.5, 0.6) is 11.5 Å². The van der Waals surface area contributed by atoms with Gasteiger partial charge in [-0.25, -0.2) is 4.79 Å². The van der Waals surface area contributed by atoms with Gasteiger partial charge in [-0.1, -0.05) is 30.3 Å². The van der Waals surface area contributed by atoms with E-state index in [2.05, 4.69) is 15.6 Å². The number of carbonyl (C=O) groups is 1. The highest BCUT2D eigenvalue weighted by Crippen LogP contribution is 2.21. The minimum absolute atomic E-state index is 0.224. The third-order valence-corrected chi connectivity index (χ3v) is 4.95. The van der Waals surface area contributed by atoms with E-state index in [1.54, 1.807) is 11.9 Å². The van der Waals surface area contributed by atoms with Gasteiger partial charge in [0.1, 0.15) is 11.5 Å². The molecule has 0 aromatic heterocycles. The number of para-hydroxylation sites is 1. The van der Waals surface area contributed by atoms with Gasteiger partial charge in [0.05, 0.1) is 6.61 Å². The molecule has 0 atom stereocenters. The molecule has 0 saturated carbocycles. The summed E-state index contributed by atoms with van der Waals surface area (Å²) in [5.41, 5.74) is 1.13. The van der Waals surface area contributed by atoms with Crippen LogP contribution in [0.3, 0.4) is 0 Å². The van der Waals surface area contributed by atoms with Crippen molar-refractivity contribution in [2.24, 2.45) is 4.99 Å². The highest BCUT2D eigenvalue weighted by Gasteiger charge is 2.23. The molecule has 1 aliphatic rings. The minimum Gasteiger partial charge on any atom is -0.457 e. The maximum absolute atomic E-state index is 11.8. The molecule has 1 fully saturated rings. The van der Waals surface area contributed by atoms with Crippen LogP contribution in [0.4, 0.5) is 4.79 Å². The fraction of sp³-hybridized carbons (Fsp3) is 0.391. The summed E-state index contributed by atoms with van der Waals surface area (Å²) in [4.78, 5) is 17.9. The van der Waals surface area contributed by atoms with Crippen LogP contribution in [-0.4, -0.2) is 49.7 Å². The van der Waals surface area contributed by atoms with E-state index in [4.69, 9.17) is 9.47 Å². The van der Waals surface area contributed by atoms with Crippen LogP contribution < -0.4 is 15.4 Å². The zero-order valence-corrected chi connectivity index (χ0v) is 17.6. The van der Waals surface area contributed by atoms with E-state index in [1.807, 2.05) is 61.5 Å². The van der Waals surface area contributed by atoms with Crippen molar-refractivity contribution in [3.05, 3.63) is 60.2 Å². The predicted octanol–water partition coefficient (Wildman–Crippen LogP) is 3.76. The molecule has 2 aromatic carbocycles. The summed E-state index contributed by atoms with van der Waals surface area (Å²) in [6.45, 7) is 4.28. The molecule has 1 heterocycles.